The molecule has 0 N–H and O–H groups in total. The summed E-state index contributed by atoms with van der Waals surface area (Å²) in [5.41, 5.74) is -1.49. The van der Waals surface area contributed by atoms with Crippen LogP contribution < -0.4 is 14.5 Å². The molecule has 0 saturated carbocycles. The first-order chi connectivity index (χ1) is 19.4. The average Bonchev–Trinajstić information content (AvgIpc) is 3.16. The molecule has 242 valence electrons. The number of hydrogen-bond acceptors (Lipinski definition) is 12. The van der Waals surface area contributed by atoms with Crippen LogP contribution in [0.15, 0.2) is 18.2 Å². The third-order valence-corrected chi connectivity index (χ3v) is 11.5. The summed E-state index contributed by atoms with van der Waals surface area (Å²) in [4.78, 5) is 45.6. The van der Waals surface area contributed by atoms with E-state index in [9.17, 15) is 14.2 Å². The summed E-state index contributed by atoms with van der Waals surface area (Å²) in [5, 5.41) is 0. The van der Waals surface area contributed by atoms with Crippen LogP contribution in [0.4, 0.5) is 15.5 Å². The van der Waals surface area contributed by atoms with Crippen LogP contribution in [0, 0.1) is 0 Å². The molecule has 0 spiro atoms. The monoisotopic (exact) mass is 659 g/mol. The molecule has 2 aromatic heterocycles. The van der Waals surface area contributed by atoms with E-state index >= 15 is 0 Å². The van der Waals surface area contributed by atoms with E-state index < -0.39 is 47.6 Å². The number of imide groups is 1. The second-order valence-corrected chi connectivity index (χ2v) is 24.8. The van der Waals surface area contributed by atoms with Gasteiger partial charge in [0.15, 0.2) is 22.2 Å². The zero-order valence-corrected chi connectivity index (χ0v) is 30.4. The first-order valence-corrected chi connectivity index (χ1v) is 22.2. The van der Waals surface area contributed by atoms with Gasteiger partial charge in [0.05, 0.1) is 7.11 Å². The van der Waals surface area contributed by atoms with Crippen LogP contribution in [0.3, 0.4) is 0 Å². The highest BCUT2D eigenvalue weighted by atomic mass is 31.2. The van der Waals surface area contributed by atoms with Crippen LogP contribution in [0.2, 0.25) is 39.3 Å². The third kappa shape index (κ3) is 12.0. The highest BCUT2D eigenvalue weighted by Crippen LogP contribution is 2.54. The molecule has 0 fully saturated rings. The van der Waals surface area contributed by atoms with Gasteiger partial charge in [-0.05, 0) is 80.8 Å². The molecule has 17 heteroatoms. The summed E-state index contributed by atoms with van der Waals surface area (Å²) in [6.07, 6.45) is 1.32. The van der Waals surface area contributed by atoms with E-state index in [4.69, 9.17) is 27.5 Å². The van der Waals surface area contributed by atoms with Gasteiger partial charge >= 0.3 is 19.8 Å². The van der Waals surface area contributed by atoms with Crippen LogP contribution in [-0.4, -0.2) is 73.4 Å². The van der Waals surface area contributed by atoms with E-state index in [1.54, 1.807) is 47.6 Å². The van der Waals surface area contributed by atoms with E-state index in [1.807, 2.05) is 39.3 Å². The standard InChI is InChI=1S/C26H46N5O9PSi2/c1-25(2,3)37-23(32)31(24(33)38-26(4,5)6)22-28-20-19(21(29-22)35-7)27-18-30(20)36-16-14-15-17-41(34,39-42(8,9)10)40-43(11,12)13/h15,17-18H,14,16H2,1-13H3/b17-15+. The summed E-state index contributed by atoms with van der Waals surface area (Å²) >= 11 is 0. The van der Waals surface area contributed by atoms with Crippen LogP contribution in [-0.2, 0) is 22.5 Å². The highest BCUT2D eigenvalue weighted by Gasteiger charge is 2.36. The number of anilines is 1. The van der Waals surface area contributed by atoms with Gasteiger partial charge in [0, 0.05) is 12.2 Å². The number of hydrogen-bond donors (Lipinski definition) is 0. The molecule has 2 rings (SSSR count). The second-order valence-electron chi connectivity index (χ2n) is 13.5. The number of fused-ring (bicyclic) bond motifs is 1. The first-order valence-electron chi connectivity index (χ1n) is 13.8. The van der Waals surface area contributed by atoms with Crippen molar-refractivity contribution in [3.8, 4) is 5.88 Å². The maximum absolute atomic E-state index is 13.4. The van der Waals surface area contributed by atoms with E-state index in [0.717, 1.165) is 0 Å². The summed E-state index contributed by atoms with van der Waals surface area (Å²) in [6, 6.07) is 0. The number of nitrogens with zero attached hydrogens (tertiary/aromatic N) is 5. The predicted octanol–water partition coefficient (Wildman–Crippen LogP) is 6.74. The van der Waals surface area contributed by atoms with Gasteiger partial charge in [0.2, 0.25) is 17.5 Å². The molecule has 0 aliphatic carbocycles. The Bertz CT molecular complexity index is 1320. The van der Waals surface area contributed by atoms with Gasteiger partial charge in [-0.3, -0.25) is 4.57 Å². The number of carbonyl (C=O) groups is 2. The molecule has 0 aromatic carbocycles. The van der Waals surface area contributed by atoms with Crippen LogP contribution in [0.5, 0.6) is 5.88 Å². The quantitative estimate of drug-likeness (QED) is 0.143. The molecule has 2 aromatic rings. The van der Waals surface area contributed by atoms with Gasteiger partial charge < -0.3 is 27.5 Å². The molecule has 2 heterocycles. The lowest BCUT2D eigenvalue weighted by Gasteiger charge is -2.29. The fourth-order valence-corrected chi connectivity index (χ4v) is 10.8. The number of amides is 2. The molecule has 2 amide bonds. The molecule has 0 aliphatic rings. The maximum Gasteiger partial charge on any atom is 0.427 e. The molecular weight excluding hydrogens is 613 g/mol. The molecule has 0 radical (unpaired) electrons. The molecule has 43 heavy (non-hydrogen) atoms. The van der Waals surface area contributed by atoms with Crippen LogP contribution >= 0.6 is 7.60 Å². The van der Waals surface area contributed by atoms with Gasteiger partial charge in [-0.25, -0.2) is 14.6 Å². The Labute approximate surface area is 255 Å². The maximum atomic E-state index is 13.4. The average molecular weight is 660 g/mol. The van der Waals surface area contributed by atoms with Gasteiger partial charge in [-0.2, -0.15) is 14.7 Å². The molecule has 0 bridgehead atoms. The minimum Gasteiger partial charge on any atom is -0.479 e. The molecule has 0 unspecified atom stereocenters. The summed E-state index contributed by atoms with van der Waals surface area (Å²) in [7, 11) is -6.39. The van der Waals surface area contributed by atoms with Crippen LogP contribution in [0.1, 0.15) is 48.0 Å². The Morgan fingerprint density at radius 2 is 1.44 bits per heavy atom. The number of ether oxygens (including phenoxy) is 3. The van der Waals surface area contributed by atoms with Crippen molar-refractivity contribution in [2.75, 3.05) is 18.6 Å². The van der Waals surface area contributed by atoms with Crippen molar-refractivity contribution < 1.29 is 41.6 Å². The third-order valence-electron chi connectivity index (χ3n) is 4.47. The van der Waals surface area contributed by atoms with Gasteiger partial charge in [-0.15, -0.1) is 4.90 Å². The number of carbonyl (C=O) groups excluding carboxylic acids is 2. The number of rotatable bonds is 11. The lowest BCUT2D eigenvalue weighted by molar-refractivity contribution is 0.0427. The Balaban J connectivity index is 2.38. The fraction of sp³-hybridized carbons (Fsp3) is 0.654. The molecule has 14 nitrogen and oxygen atoms in total. The van der Waals surface area contributed by atoms with E-state index in [0.29, 0.717) is 11.3 Å². The minimum atomic E-state index is -3.44. The van der Waals surface area contributed by atoms with Gasteiger partial charge in [0.25, 0.3) is 0 Å². The Morgan fingerprint density at radius 3 is 1.88 bits per heavy atom. The van der Waals surface area contributed by atoms with E-state index in [-0.39, 0.29) is 29.6 Å². The number of methoxy groups -OCH3 is 1. The van der Waals surface area contributed by atoms with Crippen molar-refractivity contribution >= 4 is 53.5 Å². The second kappa shape index (κ2) is 13.5. The zero-order valence-electron chi connectivity index (χ0n) is 27.5. The zero-order chi connectivity index (χ0) is 33.0. The Kier molecular flexibility index (Phi) is 11.4. The van der Waals surface area contributed by atoms with Crippen molar-refractivity contribution in [3.05, 3.63) is 18.2 Å². The smallest absolute Gasteiger partial charge is 0.427 e. The van der Waals surface area contributed by atoms with Crippen molar-refractivity contribution in [1.82, 2.24) is 19.7 Å². The van der Waals surface area contributed by atoms with Gasteiger partial charge in [0.1, 0.15) is 24.1 Å². The minimum absolute atomic E-state index is 0.00714. The Hall–Kier alpha value is -2.79. The normalized spacial score (nSPS) is 13.3. The lowest BCUT2D eigenvalue weighted by Crippen LogP contribution is -2.44. The molecule has 0 aliphatic heterocycles. The van der Waals surface area contributed by atoms with Crippen molar-refractivity contribution in [1.29, 1.82) is 0 Å². The molecule has 0 atom stereocenters. The first kappa shape index (κ1) is 36.4. The van der Waals surface area contributed by atoms with Crippen molar-refractivity contribution in [2.24, 2.45) is 0 Å². The summed E-state index contributed by atoms with van der Waals surface area (Å²) in [6.45, 7) is 21.8. The highest BCUT2D eigenvalue weighted by molar-refractivity contribution is 7.60. The molecule has 0 saturated heterocycles. The summed E-state index contributed by atoms with van der Waals surface area (Å²) in [5.74, 6) is 1.13. The molecular formula is C26H46N5O9PSi2. The SMILES string of the molecule is COc1nc(N(C(=O)OC(C)(C)C)C(=O)OC(C)(C)C)nc2c1ncn2OCC/C=C/P(=O)(O[Si](C)(C)C)O[Si](C)(C)C. The van der Waals surface area contributed by atoms with Crippen LogP contribution in [0.25, 0.3) is 11.2 Å². The largest absolute Gasteiger partial charge is 0.479 e. The Morgan fingerprint density at radius 1 is 0.930 bits per heavy atom. The lowest BCUT2D eigenvalue weighted by atomic mass is 10.2. The topological polar surface area (TPSA) is 153 Å². The fourth-order valence-electron chi connectivity index (χ4n) is 3.30. The number of aromatic nitrogens is 4. The summed E-state index contributed by atoms with van der Waals surface area (Å²) < 4.78 is 42.8. The van der Waals surface area contributed by atoms with Crippen molar-refractivity contribution in [3.63, 3.8) is 0 Å². The van der Waals surface area contributed by atoms with Crippen molar-refractivity contribution in [2.45, 2.75) is 98.4 Å². The van der Waals surface area contributed by atoms with E-state index in [2.05, 4.69) is 15.0 Å². The van der Waals surface area contributed by atoms with E-state index in [1.165, 1.54) is 24.0 Å². The van der Waals surface area contributed by atoms with Gasteiger partial charge in [-0.1, -0.05) is 6.08 Å². The number of imidazole rings is 1. The predicted molar refractivity (Wildman–Crippen MR) is 168 cm³/mol.